The summed E-state index contributed by atoms with van der Waals surface area (Å²) in [6.07, 6.45) is 0. The number of rotatable bonds is 8. The molecule has 1 fully saturated rings. The Morgan fingerprint density at radius 3 is 1.74 bits per heavy atom. The zero-order valence-electron chi connectivity index (χ0n) is 18.3. The third-order valence-electron chi connectivity index (χ3n) is 5.39. The third-order valence-corrected chi connectivity index (χ3v) is 5.39. The summed E-state index contributed by atoms with van der Waals surface area (Å²) in [5.41, 5.74) is 0.843. The van der Waals surface area contributed by atoms with E-state index in [4.69, 9.17) is 4.74 Å². The first-order chi connectivity index (χ1) is 16.9. The average molecular weight is 480 g/mol. The van der Waals surface area contributed by atoms with E-state index in [0.29, 0.717) is 11.4 Å². The second-order valence-corrected chi connectivity index (χ2v) is 7.48. The third kappa shape index (κ3) is 4.79. The minimum atomic E-state index is -0.875. The zero-order valence-corrected chi connectivity index (χ0v) is 18.3. The maximum absolute atomic E-state index is 12.3. The molecule has 13 nitrogen and oxygen atoms in total. The summed E-state index contributed by atoms with van der Waals surface area (Å²) in [6, 6.07) is 18.1. The summed E-state index contributed by atoms with van der Waals surface area (Å²) in [5, 5.41) is 37.6. The Morgan fingerprint density at radius 1 is 0.771 bits per heavy atom. The van der Waals surface area contributed by atoms with Gasteiger partial charge in [0.05, 0.1) is 45.4 Å². The summed E-state index contributed by atoms with van der Waals surface area (Å²) in [6.45, 7) is 0.711. The van der Waals surface area contributed by atoms with Gasteiger partial charge in [0.2, 0.25) is 5.69 Å². The largest absolute Gasteiger partial charge is 0.378 e. The summed E-state index contributed by atoms with van der Waals surface area (Å²) in [5.74, 6) is 0. The molecule has 0 spiro atoms. The molecule has 180 valence electrons. The van der Waals surface area contributed by atoms with Crippen molar-refractivity contribution in [3.8, 4) is 0 Å². The average Bonchev–Trinajstić information content (AvgIpc) is 2.87. The van der Waals surface area contributed by atoms with Crippen molar-refractivity contribution in [3.63, 3.8) is 0 Å². The predicted octanol–water partition coefficient (Wildman–Crippen LogP) is 4.41. The molecule has 0 atom stereocenters. The molecular weight excluding hydrogens is 460 g/mol. The highest BCUT2D eigenvalue weighted by molar-refractivity contribution is 5.92. The fourth-order valence-corrected chi connectivity index (χ4v) is 3.85. The van der Waals surface area contributed by atoms with E-state index in [-0.39, 0.29) is 32.0 Å². The Balaban J connectivity index is 1.98. The lowest BCUT2D eigenvalue weighted by Crippen LogP contribution is -2.37. The first-order valence-electron chi connectivity index (χ1n) is 10.5. The normalized spacial score (nSPS) is 13.2. The van der Waals surface area contributed by atoms with E-state index in [1.165, 1.54) is 9.91 Å². The fourth-order valence-electron chi connectivity index (χ4n) is 3.85. The van der Waals surface area contributed by atoms with Crippen LogP contribution in [0.2, 0.25) is 0 Å². The molecule has 4 rings (SSSR count). The van der Waals surface area contributed by atoms with Crippen LogP contribution in [0.4, 0.5) is 39.8 Å². The number of hydrogen-bond acceptors (Lipinski definition) is 10. The molecule has 1 saturated heterocycles. The van der Waals surface area contributed by atoms with Crippen molar-refractivity contribution < 1.29 is 19.5 Å². The molecule has 0 unspecified atom stereocenters. The van der Waals surface area contributed by atoms with Crippen molar-refractivity contribution in [2.45, 2.75) is 0 Å². The van der Waals surface area contributed by atoms with E-state index in [1.807, 2.05) is 0 Å². The number of anilines is 4. The molecule has 0 amide bonds. The molecule has 13 heteroatoms. The molecule has 0 saturated carbocycles. The van der Waals surface area contributed by atoms with Gasteiger partial charge in [0, 0.05) is 13.1 Å². The maximum Gasteiger partial charge on any atom is 0.331 e. The lowest BCUT2D eigenvalue weighted by molar-refractivity contribution is -0.400. The SMILES string of the molecule is O=[N+]([O-])c1cc([N+](=O)[O-])c(N2CCOCC2)c([N+](=O)[O-])c1NN(c1ccccc1)c1ccccc1. The van der Waals surface area contributed by atoms with Gasteiger partial charge in [-0.25, -0.2) is 0 Å². The van der Waals surface area contributed by atoms with Crippen molar-refractivity contribution >= 4 is 39.8 Å². The van der Waals surface area contributed by atoms with Gasteiger partial charge in [-0.2, -0.15) is 0 Å². The first-order valence-corrected chi connectivity index (χ1v) is 10.5. The predicted molar refractivity (Wildman–Crippen MR) is 128 cm³/mol. The van der Waals surface area contributed by atoms with Crippen LogP contribution < -0.4 is 15.3 Å². The molecule has 3 aromatic carbocycles. The van der Waals surface area contributed by atoms with Gasteiger partial charge in [-0.3, -0.25) is 40.8 Å². The van der Waals surface area contributed by atoms with Gasteiger partial charge in [0.1, 0.15) is 0 Å². The Bertz CT molecular complexity index is 1210. The van der Waals surface area contributed by atoms with Crippen molar-refractivity contribution in [3.05, 3.63) is 97.1 Å². The van der Waals surface area contributed by atoms with Crippen molar-refractivity contribution in [2.75, 3.05) is 41.6 Å². The number of nitrogens with zero attached hydrogens (tertiary/aromatic N) is 5. The van der Waals surface area contributed by atoms with E-state index in [2.05, 4.69) is 5.43 Å². The molecule has 0 aliphatic carbocycles. The monoisotopic (exact) mass is 480 g/mol. The summed E-state index contributed by atoms with van der Waals surface area (Å²) in [4.78, 5) is 35.1. The van der Waals surface area contributed by atoms with Gasteiger partial charge in [-0.1, -0.05) is 36.4 Å². The number of ether oxygens (including phenoxy) is 1. The number of benzene rings is 3. The summed E-state index contributed by atoms with van der Waals surface area (Å²) >= 11 is 0. The van der Waals surface area contributed by atoms with Crippen LogP contribution in [0.25, 0.3) is 0 Å². The Kier molecular flexibility index (Phi) is 6.69. The van der Waals surface area contributed by atoms with Crippen LogP contribution in [0, 0.1) is 30.3 Å². The number of nitro benzene ring substituents is 3. The number of hydrazine groups is 1. The highest BCUT2D eigenvalue weighted by Gasteiger charge is 2.40. The van der Waals surface area contributed by atoms with Gasteiger partial charge >= 0.3 is 17.1 Å². The van der Waals surface area contributed by atoms with Crippen molar-refractivity contribution in [2.24, 2.45) is 0 Å². The number of para-hydroxylation sites is 2. The second kappa shape index (κ2) is 10.0. The van der Waals surface area contributed by atoms with E-state index >= 15 is 0 Å². The van der Waals surface area contributed by atoms with Crippen LogP contribution >= 0.6 is 0 Å². The topological polar surface area (TPSA) is 157 Å². The van der Waals surface area contributed by atoms with Gasteiger partial charge in [0.25, 0.3) is 0 Å². The van der Waals surface area contributed by atoms with Gasteiger partial charge in [-0.05, 0) is 24.3 Å². The Hall–Kier alpha value is -4.78. The molecule has 3 aromatic rings. The number of hydrogen-bond donors (Lipinski definition) is 1. The fraction of sp³-hybridized carbons (Fsp3) is 0.182. The lowest BCUT2D eigenvalue weighted by atomic mass is 10.1. The Morgan fingerprint density at radius 2 is 1.29 bits per heavy atom. The smallest absolute Gasteiger partial charge is 0.331 e. The van der Waals surface area contributed by atoms with E-state index in [1.54, 1.807) is 60.7 Å². The molecule has 1 N–H and O–H groups in total. The van der Waals surface area contributed by atoms with Crippen LogP contribution in [0.5, 0.6) is 0 Å². The maximum atomic E-state index is 12.3. The number of nitro groups is 3. The van der Waals surface area contributed by atoms with Gasteiger partial charge in [0.15, 0.2) is 5.69 Å². The number of nitrogens with one attached hydrogen (secondary N) is 1. The molecule has 1 aliphatic rings. The van der Waals surface area contributed by atoms with E-state index in [0.717, 1.165) is 6.07 Å². The molecule has 0 bridgehead atoms. The minimum absolute atomic E-state index is 0.153. The quantitative estimate of drug-likeness (QED) is 0.361. The minimum Gasteiger partial charge on any atom is -0.378 e. The van der Waals surface area contributed by atoms with E-state index in [9.17, 15) is 30.3 Å². The molecule has 1 aliphatic heterocycles. The molecule has 35 heavy (non-hydrogen) atoms. The zero-order chi connectivity index (χ0) is 24.9. The highest BCUT2D eigenvalue weighted by Crippen LogP contribution is 2.49. The molecular formula is C22H20N6O7. The van der Waals surface area contributed by atoms with Crippen LogP contribution in [-0.4, -0.2) is 41.1 Å². The van der Waals surface area contributed by atoms with Gasteiger partial charge in [-0.15, -0.1) is 0 Å². The second-order valence-electron chi connectivity index (χ2n) is 7.48. The standard InChI is InChI=1S/C22H20N6O7/c29-26(30)18-15-19(27(31)32)21(24-11-13-35-14-12-24)22(28(33)34)20(18)23-25(16-7-3-1-4-8-16)17-9-5-2-6-10-17/h1-10,15,23H,11-14H2. The summed E-state index contributed by atoms with van der Waals surface area (Å²) in [7, 11) is 0. The van der Waals surface area contributed by atoms with Crippen LogP contribution in [0.1, 0.15) is 0 Å². The highest BCUT2D eigenvalue weighted by atomic mass is 16.6. The molecule has 0 aromatic heterocycles. The van der Waals surface area contributed by atoms with Gasteiger partial charge < -0.3 is 9.64 Å². The van der Waals surface area contributed by atoms with Crippen LogP contribution in [0.15, 0.2) is 66.7 Å². The lowest BCUT2D eigenvalue weighted by Gasteiger charge is -2.30. The van der Waals surface area contributed by atoms with E-state index < -0.39 is 37.5 Å². The first kappa shape index (κ1) is 23.4. The van der Waals surface area contributed by atoms with Crippen molar-refractivity contribution in [1.82, 2.24) is 0 Å². The van der Waals surface area contributed by atoms with Crippen LogP contribution in [0.3, 0.4) is 0 Å². The molecule has 0 radical (unpaired) electrons. The van der Waals surface area contributed by atoms with Crippen molar-refractivity contribution in [1.29, 1.82) is 0 Å². The van der Waals surface area contributed by atoms with Crippen LogP contribution in [-0.2, 0) is 4.74 Å². The summed E-state index contributed by atoms with van der Waals surface area (Å²) < 4.78 is 5.28. The Labute approximate surface area is 198 Å². The molecule has 1 heterocycles. The number of morpholine rings is 1.